The average molecular weight is 823 g/mol. The van der Waals surface area contributed by atoms with Crippen LogP contribution >= 0.6 is 0 Å². The molecule has 1 unspecified atom stereocenters. The standard InChI is InChI=1S/C53H90O6/c1-4-7-10-13-16-19-21-23-25-26-28-29-31-34-37-40-43-46-52(55)58-49-50(48-57-51(54)45-42-39-36-33-18-15-12-9-6-3)59-53(56)47-44-41-38-35-32-30-27-24-22-20-17-14-11-8-5-2/h8,11,16-17,19-20,23-25,27,32,35,50H,4-7,9-10,12-15,18,21-22,26,28-31,33-34,36-49H2,1-3H3/b11-8-,19-16-,20-17-,25-23-,27-24-,35-32-. The summed E-state index contributed by atoms with van der Waals surface area (Å²) in [6.45, 7) is 6.43. The van der Waals surface area contributed by atoms with Crippen LogP contribution in [0.1, 0.15) is 226 Å². The van der Waals surface area contributed by atoms with Crippen molar-refractivity contribution in [2.24, 2.45) is 0 Å². The van der Waals surface area contributed by atoms with Gasteiger partial charge in [0.1, 0.15) is 13.2 Å². The van der Waals surface area contributed by atoms with Gasteiger partial charge in [-0.25, -0.2) is 0 Å². The molecule has 1 atom stereocenters. The highest BCUT2D eigenvalue weighted by Crippen LogP contribution is 2.13. The van der Waals surface area contributed by atoms with Crippen LogP contribution in [-0.4, -0.2) is 37.2 Å². The molecule has 0 aliphatic heterocycles. The zero-order chi connectivity index (χ0) is 43.0. The summed E-state index contributed by atoms with van der Waals surface area (Å²) in [6.07, 6.45) is 58.9. The van der Waals surface area contributed by atoms with E-state index in [1.807, 2.05) is 0 Å². The van der Waals surface area contributed by atoms with E-state index in [0.717, 1.165) is 89.9 Å². The largest absolute Gasteiger partial charge is 0.462 e. The van der Waals surface area contributed by atoms with Crippen LogP contribution in [0.25, 0.3) is 0 Å². The lowest BCUT2D eigenvalue weighted by atomic mass is 10.1. The average Bonchev–Trinajstić information content (AvgIpc) is 3.23. The summed E-state index contributed by atoms with van der Waals surface area (Å²) < 4.78 is 16.7. The second-order valence-electron chi connectivity index (χ2n) is 16.0. The molecule has 0 aromatic heterocycles. The molecule has 6 heteroatoms. The maximum absolute atomic E-state index is 12.7. The van der Waals surface area contributed by atoms with Crippen molar-refractivity contribution in [2.45, 2.75) is 232 Å². The first kappa shape index (κ1) is 55.9. The van der Waals surface area contributed by atoms with Crippen molar-refractivity contribution in [3.05, 3.63) is 72.9 Å². The van der Waals surface area contributed by atoms with Crippen molar-refractivity contribution < 1.29 is 28.6 Å². The van der Waals surface area contributed by atoms with E-state index in [0.29, 0.717) is 19.3 Å². The molecule has 59 heavy (non-hydrogen) atoms. The van der Waals surface area contributed by atoms with E-state index in [1.165, 1.54) is 89.9 Å². The summed E-state index contributed by atoms with van der Waals surface area (Å²) in [5.41, 5.74) is 0. The minimum Gasteiger partial charge on any atom is -0.462 e. The molecule has 0 aliphatic rings. The first-order valence-corrected chi connectivity index (χ1v) is 24.4. The van der Waals surface area contributed by atoms with Crippen LogP contribution in [0, 0.1) is 0 Å². The van der Waals surface area contributed by atoms with E-state index >= 15 is 0 Å². The van der Waals surface area contributed by atoms with Gasteiger partial charge in [0.2, 0.25) is 0 Å². The fourth-order valence-corrected chi connectivity index (χ4v) is 6.52. The van der Waals surface area contributed by atoms with Crippen LogP contribution in [0.2, 0.25) is 0 Å². The number of ether oxygens (including phenoxy) is 3. The smallest absolute Gasteiger partial charge is 0.306 e. The molecule has 6 nitrogen and oxygen atoms in total. The number of rotatable bonds is 43. The molecular weight excluding hydrogens is 733 g/mol. The van der Waals surface area contributed by atoms with Gasteiger partial charge in [-0.05, 0) is 89.9 Å². The number of allylic oxidation sites excluding steroid dienone is 12. The Bertz CT molecular complexity index is 1130. The Labute approximate surface area is 363 Å². The zero-order valence-electron chi connectivity index (χ0n) is 38.5. The molecule has 0 rings (SSSR count). The molecule has 0 amide bonds. The molecule has 0 heterocycles. The molecule has 0 saturated carbocycles. The molecule has 0 fully saturated rings. The van der Waals surface area contributed by atoms with Gasteiger partial charge in [0.25, 0.3) is 0 Å². The van der Waals surface area contributed by atoms with Crippen LogP contribution in [-0.2, 0) is 28.6 Å². The fraction of sp³-hybridized carbons (Fsp3) is 0.717. The van der Waals surface area contributed by atoms with E-state index in [2.05, 4.69) is 93.7 Å². The predicted molar refractivity (Wildman–Crippen MR) is 251 cm³/mol. The predicted octanol–water partition coefficient (Wildman–Crippen LogP) is 15.9. The molecule has 0 saturated heterocycles. The maximum atomic E-state index is 12.7. The van der Waals surface area contributed by atoms with Gasteiger partial charge in [-0.1, -0.05) is 190 Å². The Morgan fingerprint density at radius 3 is 1.10 bits per heavy atom. The third kappa shape index (κ3) is 45.8. The Morgan fingerprint density at radius 1 is 0.356 bits per heavy atom. The highest BCUT2D eigenvalue weighted by molar-refractivity contribution is 5.71. The minimum absolute atomic E-state index is 0.0940. The first-order valence-electron chi connectivity index (χ1n) is 24.4. The second-order valence-corrected chi connectivity index (χ2v) is 16.0. The summed E-state index contributed by atoms with van der Waals surface area (Å²) in [7, 11) is 0. The quantitative estimate of drug-likeness (QED) is 0.0264. The molecule has 0 radical (unpaired) electrons. The van der Waals surface area contributed by atoms with Gasteiger partial charge in [0.15, 0.2) is 6.10 Å². The minimum atomic E-state index is -0.797. The summed E-state index contributed by atoms with van der Waals surface area (Å²) in [5, 5.41) is 0. The highest BCUT2D eigenvalue weighted by atomic mass is 16.6. The molecule has 0 aromatic rings. The second kappa shape index (κ2) is 47.5. The summed E-state index contributed by atoms with van der Waals surface area (Å²) in [4.78, 5) is 37.8. The zero-order valence-corrected chi connectivity index (χ0v) is 38.5. The van der Waals surface area contributed by atoms with Crippen molar-refractivity contribution in [3.8, 4) is 0 Å². The monoisotopic (exact) mass is 823 g/mol. The Morgan fingerprint density at radius 2 is 0.661 bits per heavy atom. The summed E-state index contributed by atoms with van der Waals surface area (Å²) >= 11 is 0. The van der Waals surface area contributed by atoms with Gasteiger partial charge >= 0.3 is 17.9 Å². The Balaban J connectivity index is 4.42. The van der Waals surface area contributed by atoms with E-state index in [1.54, 1.807) is 0 Å². The summed E-state index contributed by atoms with van der Waals surface area (Å²) in [5.74, 6) is -0.948. The van der Waals surface area contributed by atoms with E-state index < -0.39 is 6.10 Å². The SMILES string of the molecule is CC/C=C\C/C=C\C/C=C\C/C=C\CCCCC(=O)OC(COC(=O)CCCCCCCCC/C=C\C/C=C\CCCCC)COC(=O)CCCCCCCCCCC. The molecule has 0 bridgehead atoms. The number of unbranched alkanes of at least 4 members (excludes halogenated alkanes) is 20. The number of carbonyl (C=O) groups excluding carboxylic acids is 3. The van der Waals surface area contributed by atoms with Crippen molar-refractivity contribution in [2.75, 3.05) is 13.2 Å². The third-order valence-electron chi connectivity index (χ3n) is 10.2. The van der Waals surface area contributed by atoms with Crippen LogP contribution in [0.15, 0.2) is 72.9 Å². The van der Waals surface area contributed by atoms with Crippen LogP contribution in [0.3, 0.4) is 0 Å². The van der Waals surface area contributed by atoms with E-state index in [9.17, 15) is 14.4 Å². The molecule has 0 aromatic carbocycles. The summed E-state index contributed by atoms with van der Waals surface area (Å²) in [6, 6.07) is 0. The number of carbonyl (C=O) groups is 3. The van der Waals surface area contributed by atoms with Crippen LogP contribution < -0.4 is 0 Å². The Hall–Kier alpha value is -3.15. The van der Waals surface area contributed by atoms with Gasteiger partial charge in [0, 0.05) is 19.3 Å². The van der Waals surface area contributed by atoms with Gasteiger partial charge in [-0.3, -0.25) is 14.4 Å². The molecule has 0 spiro atoms. The fourth-order valence-electron chi connectivity index (χ4n) is 6.52. The van der Waals surface area contributed by atoms with Gasteiger partial charge in [-0.15, -0.1) is 0 Å². The van der Waals surface area contributed by atoms with Gasteiger partial charge < -0.3 is 14.2 Å². The molecule has 0 N–H and O–H groups in total. The maximum Gasteiger partial charge on any atom is 0.306 e. The van der Waals surface area contributed by atoms with Crippen molar-refractivity contribution in [1.82, 2.24) is 0 Å². The van der Waals surface area contributed by atoms with Crippen LogP contribution in [0.5, 0.6) is 0 Å². The number of hydrogen-bond donors (Lipinski definition) is 0. The molecule has 338 valence electrons. The van der Waals surface area contributed by atoms with E-state index in [-0.39, 0.29) is 37.5 Å². The lowest BCUT2D eigenvalue weighted by Gasteiger charge is -2.18. The number of hydrogen-bond acceptors (Lipinski definition) is 6. The topological polar surface area (TPSA) is 78.9 Å². The van der Waals surface area contributed by atoms with Crippen LogP contribution in [0.4, 0.5) is 0 Å². The van der Waals surface area contributed by atoms with Gasteiger partial charge in [0.05, 0.1) is 0 Å². The highest BCUT2D eigenvalue weighted by Gasteiger charge is 2.19. The normalized spacial score (nSPS) is 12.7. The third-order valence-corrected chi connectivity index (χ3v) is 10.2. The van der Waals surface area contributed by atoms with Crippen molar-refractivity contribution >= 4 is 17.9 Å². The first-order chi connectivity index (χ1) is 29.0. The van der Waals surface area contributed by atoms with Gasteiger partial charge in [-0.2, -0.15) is 0 Å². The van der Waals surface area contributed by atoms with Crippen molar-refractivity contribution in [1.29, 1.82) is 0 Å². The van der Waals surface area contributed by atoms with E-state index in [4.69, 9.17) is 14.2 Å². The molecular formula is C53H90O6. The lowest BCUT2D eigenvalue weighted by molar-refractivity contribution is -0.167. The van der Waals surface area contributed by atoms with Crippen molar-refractivity contribution in [3.63, 3.8) is 0 Å². The number of esters is 3. The molecule has 0 aliphatic carbocycles. The Kier molecular flexibility index (Phi) is 45.0. The lowest BCUT2D eigenvalue weighted by Crippen LogP contribution is -2.30.